The molecule has 17 heavy (non-hydrogen) atoms. The van der Waals surface area contributed by atoms with E-state index in [9.17, 15) is 4.79 Å². The molecule has 0 saturated carbocycles. The number of hydrogen-bond acceptors (Lipinski definition) is 3. The summed E-state index contributed by atoms with van der Waals surface area (Å²) in [5.74, 6) is 0.406. The smallest absolute Gasteiger partial charge is 0.257 e. The van der Waals surface area contributed by atoms with Crippen LogP contribution in [-0.4, -0.2) is 31.5 Å². The van der Waals surface area contributed by atoms with Crippen LogP contribution >= 0.6 is 0 Å². The van der Waals surface area contributed by atoms with Crippen molar-refractivity contribution in [3.8, 4) is 5.75 Å². The highest BCUT2D eigenvalue weighted by Crippen LogP contribution is 2.26. The summed E-state index contributed by atoms with van der Waals surface area (Å²) in [6.45, 7) is 2.84. The summed E-state index contributed by atoms with van der Waals surface area (Å²) in [5.41, 5.74) is 6.78. The summed E-state index contributed by atoms with van der Waals surface area (Å²) in [4.78, 5) is 13.9. The summed E-state index contributed by atoms with van der Waals surface area (Å²) < 4.78 is 5.18. The number of nitrogens with zero attached hydrogens (tertiary/aromatic N) is 1. The number of carbonyl (C=O) groups is 1. The molecular weight excluding hydrogens is 216 g/mol. The summed E-state index contributed by atoms with van der Waals surface area (Å²) in [6.07, 6.45) is 2.05. The van der Waals surface area contributed by atoms with Crippen LogP contribution in [0, 0.1) is 0 Å². The van der Waals surface area contributed by atoms with Gasteiger partial charge in [0, 0.05) is 13.6 Å². The van der Waals surface area contributed by atoms with Crippen molar-refractivity contribution in [3.63, 3.8) is 0 Å². The number of anilines is 1. The molecule has 2 N–H and O–H groups in total. The van der Waals surface area contributed by atoms with Crippen LogP contribution in [0.5, 0.6) is 5.75 Å². The van der Waals surface area contributed by atoms with Crippen LogP contribution in [0.3, 0.4) is 0 Å². The van der Waals surface area contributed by atoms with E-state index in [1.54, 1.807) is 30.1 Å². The SMILES string of the molecule is CCCCN(C)C(=O)c1cccc(N)c1OC. The highest BCUT2D eigenvalue weighted by molar-refractivity contribution is 5.98. The first-order valence-corrected chi connectivity index (χ1v) is 5.79. The molecular formula is C13H20N2O2. The van der Waals surface area contributed by atoms with E-state index < -0.39 is 0 Å². The fourth-order valence-corrected chi connectivity index (χ4v) is 1.65. The molecule has 4 nitrogen and oxygen atoms in total. The van der Waals surface area contributed by atoms with E-state index in [2.05, 4.69) is 6.92 Å². The molecule has 0 aliphatic rings. The molecule has 0 heterocycles. The van der Waals surface area contributed by atoms with E-state index in [0.29, 0.717) is 17.0 Å². The number of nitrogens with two attached hydrogens (primary N) is 1. The Morgan fingerprint density at radius 2 is 2.18 bits per heavy atom. The molecule has 0 fully saturated rings. The van der Waals surface area contributed by atoms with Crippen molar-refractivity contribution in [2.24, 2.45) is 0 Å². The molecule has 1 rings (SSSR count). The van der Waals surface area contributed by atoms with Gasteiger partial charge in [0.25, 0.3) is 5.91 Å². The fraction of sp³-hybridized carbons (Fsp3) is 0.462. The van der Waals surface area contributed by atoms with Crippen LogP contribution < -0.4 is 10.5 Å². The van der Waals surface area contributed by atoms with Gasteiger partial charge in [-0.2, -0.15) is 0 Å². The average molecular weight is 236 g/mol. The van der Waals surface area contributed by atoms with E-state index in [-0.39, 0.29) is 5.91 Å². The Bertz CT molecular complexity index is 391. The first-order valence-electron chi connectivity index (χ1n) is 5.79. The fourth-order valence-electron chi connectivity index (χ4n) is 1.65. The summed E-state index contributed by atoms with van der Waals surface area (Å²) in [7, 11) is 3.31. The average Bonchev–Trinajstić information content (AvgIpc) is 2.34. The standard InChI is InChI=1S/C13H20N2O2/c1-4-5-9-15(2)13(16)10-7-6-8-11(14)12(10)17-3/h6-8H,4-5,9,14H2,1-3H3. The van der Waals surface area contributed by atoms with Gasteiger partial charge >= 0.3 is 0 Å². The number of amides is 1. The van der Waals surface area contributed by atoms with Crippen molar-refractivity contribution >= 4 is 11.6 Å². The number of benzene rings is 1. The second-order valence-electron chi connectivity index (χ2n) is 4.01. The maximum Gasteiger partial charge on any atom is 0.257 e. The zero-order chi connectivity index (χ0) is 12.8. The maximum atomic E-state index is 12.2. The Labute approximate surface area is 102 Å². The van der Waals surface area contributed by atoms with Crippen LogP contribution in [0.4, 0.5) is 5.69 Å². The van der Waals surface area contributed by atoms with Crippen LogP contribution in [-0.2, 0) is 0 Å². The molecule has 0 aliphatic carbocycles. The Morgan fingerprint density at radius 1 is 1.47 bits per heavy atom. The normalized spacial score (nSPS) is 10.1. The highest BCUT2D eigenvalue weighted by Gasteiger charge is 2.17. The van der Waals surface area contributed by atoms with Gasteiger partial charge < -0.3 is 15.4 Å². The molecule has 1 aromatic carbocycles. The molecule has 0 bridgehead atoms. The number of methoxy groups -OCH3 is 1. The van der Waals surface area contributed by atoms with E-state index in [0.717, 1.165) is 19.4 Å². The summed E-state index contributed by atoms with van der Waals surface area (Å²) in [5, 5.41) is 0. The van der Waals surface area contributed by atoms with Gasteiger partial charge in [-0.3, -0.25) is 4.79 Å². The molecule has 0 unspecified atom stereocenters. The first-order chi connectivity index (χ1) is 8.11. The Kier molecular flexibility index (Phi) is 4.82. The van der Waals surface area contributed by atoms with Gasteiger partial charge in [0.1, 0.15) is 0 Å². The van der Waals surface area contributed by atoms with Gasteiger partial charge in [-0.15, -0.1) is 0 Å². The number of carbonyl (C=O) groups excluding carboxylic acids is 1. The Hall–Kier alpha value is -1.71. The number of nitrogen functional groups attached to an aromatic ring is 1. The monoisotopic (exact) mass is 236 g/mol. The van der Waals surface area contributed by atoms with Crippen molar-refractivity contribution < 1.29 is 9.53 Å². The van der Waals surface area contributed by atoms with E-state index in [1.807, 2.05) is 0 Å². The largest absolute Gasteiger partial charge is 0.494 e. The van der Waals surface area contributed by atoms with Crippen molar-refractivity contribution in [2.45, 2.75) is 19.8 Å². The second kappa shape index (κ2) is 6.13. The van der Waals surface area contributed by atoms with Gasteiger partial charge in [-0.1, -0.05) is 19.4 Å². The molecule has 0 saturated heterocycles. The number of rotatable bonds is 5. The van der Waals surface area contributed by atoms with Crippen LogP contribution in [0.15, 0.2) is 18.2 Å². The molecule has 0 aromatic heterocycles. The molecule has 1 aromatic rings. The maximum absolute atomic E-state index is 12.2. The minimum Gasteiger partial charge on any atom is -0.494 e. The van der Waals surface area contributed by atoms with E-state index in [4.69, 9.17) is 10.5 Å². The number of ether oxygens (including phenoxy) is 1. The van der Waals surface area contributed by atoms with Crippen LogP contribution in [0.1, 0.15) is 30.1 Å². The zero-order valence-electron chi connectivity index (χ0n) is 10.7. The Balaban J connectivity index is 2.92. The number of hydrogen-bond donors (Lipinski definition) is 1. The van der Waals surface area contributed by atoms with Crippen molar-refractivity contribution in [2.75, 3.05) is 26.4 Å². The second-order valence-corrected chi connectivity index (χ2v) is 4.01. The third kappa shape index (κ3) is 3.12. The van der Waals surface area contributed by atoms with Gasteiger partial charge in [-0.05, 0) is 18.6 Å². The van der Waals surface area contributed by atoms with Crippen molar-refractivity contribution in [1.82, 2.24) is 4.90 Å². The lowest BCUT2D eigenvalue weighted by Gasteiger charge is -2.18. The third-order valence-electron chi connectivity index (χ3n) is 2.67. The lowest BCUT2D eigenvalue weighted by molar-refractivity contribution is 0.0790. The van der Waals surface area contributed by atoms with Gasteiger partial charge in [0.05, 0.1) is 18.4 Å². The van der Waals surface area contributed by atoms with E-state index in [1.165, 1.54) is 7.11 Å². The lowest BCUT2D eigenvalue weighted by atomic mass is 10.1. The number of para-hydroxylation sites is 1. The first kappa shape index (κ1) is 13.4. The minimum atomic E-state index is -0.0531. The van der Waals surface area contributed by atoms with Crippen LogP contribution in [0.2, 0.25) is 0 Å². The third-order valence-corrected chi connectivity index (χ3v) is 2.67. The zero-order valence-corrected chi connectivity index (χ0v) is 10.7. The molecule has 0 radical (unpaired) electrons. The molecule has 0 atom stereocenters. The van der Waals surface area contributed by atoms with Crippen molar-refractivity contribution in [1.29, 1.82) is 0 Å². The summed E-state index contributed by atoms with van der Waals surface area (Å²) in [6, 6.07) is 5.22. The molecule has 4 heteroatoms. The molecule has 1 amide bonds. The van der Waals surface area contributed by atoms with E-state index >= 15 is 0 Å². The quantitative estimate of drug-likeness (QED) is 0.797. The molecule has 0 aliphatic heterocycles. The molecule has 0 spiro atoms. The Morgan fingerprint density at radius 3 is 2.76 bits per heavy atom. The van der Waals surface area contributed by atoms with Crippen LogP contribution in [0.25, 0.3) is 0 Å². The predicted octanol–water partition coefficient (Wildman–Crippen LogP) is 2.15. The van der Waals surface area contributed by atoms with Gasteiger partial charge in [-0.25, -0.2) is 0 Å². The van der Waals surface area contributed by atoms with Crippen molar-refractivity contribution in [3.05, 3.63) is 23.8 Å². The highest BCUT2D eigenvalue weighted by atomic mass is 16.5. The summed E-state index contributed by atoms with van der Waals surface area (Å²) >= 11 is 0. The molecule has 94 valence electrons. The predicted molar refractivity (Wildman–Crippen MR) is 69.3 cm³/mol. The number of unbranched alkanes of at least 4 members (excludes halogenated alkanes) is 1. The van der Waals surface area contributed by atoms with Gasteiger partial charge in [0.2, 0.25) is 0 Å². The topological polar surface area (TPSA) is 55.6 Å². The van der Waals surface area contributed by atoms with Gasteiger partial charge in [0.15, 0.2) is 5.75 Å². The lowest BCUT2D eigenvalue weighted by Crippen LogP contribution is -2.28. The minimum absolute atomic E-state index is 0.0531.